The third kappa shape index (κ3) is 4.81. The highest BCUT2D eigenvalue weighted by Crippen LogP contribution is 2.27. The molecule has 28 heavy (non-hydrogen) atoms. The van der Waals surface area contributed by atoms with Gasteiger partial charge in [-0.25, -0.2) is 0 Å². The largest absolute Gasteiger partial charge is 0.346 e. The van der Waals surface area contributed by atoms with E-state index in [1.807, 2.05) is 43.5 Å². The van der Waals surface area contributed by atoms with Gasteiger partial charge in [-0.05, 0) is 31.5 Å². The van der Waals surface area contributed by atoms with Gasteiger partial charge in [-0.2, -0.15) is 0 Å². The van der Waals surface area contributed by atoms with E-state index < -0.39 is 0 Å². The highest BCUT2D eigenvalue weighted by molar-refractivity contribution is 7.98. The van der Waals surface area contributed by atoms with Crippen molar-refractivity contribution in [3.8, 4) is 5.69 Å². The molecule has 1 atom stereocenters. The van der Waals surface area contributed by atoms with Gasteiger partial charge in [0, 0.05) is 17.4 Å². The van der Waals surface area contributed by atoms with Crippen LogP contribution < -0.4 is 5.32 Å². The van der Waals surface area contributed by atoms with Gasteiger partial charge in [0.05, 0.1) is 6.04 Å². The van der Waals surface area contributed by atoms with Gasteiger partial charge >= 0.3 is 0 Å². The zero-order valence-corrected chi connectivity index (χ0v) is 17.5. The van der Waals surface area contributed by atoms with E-state index >= 15 is 0 Å². The van der Waals surface area contributed by atoms with Crippen molar-refractivity contribution < 1.29 is 4.79 Å². The van der Waals surface area contributed by atoms with E-state index in [1.54, 1.807) is 11.8 Å². The van der Waals surface area contributed by atoms with Crippen LogP contribution in [0.15, 0.2) is 59.8 Å². The number of nitrogens with one attached hydrogen (secondary N) is 1. The number of rotatable bonds is 7. The van der Waals surface area contributed by atoms with Crippen LogP contribution in [-0.4, -0.2) is 20.7 Å². The summed E-state index contributed by atoms with van der Waals surface area (Å²) in [5.41, 5.74) is 3.42. The molecule has 3 aromatic rings. The summed E-state index contributed by atoms with van der Waals surface area (Å²) in [4.78, 5) is 12.2. The van der Waals surface area contributed by atoms with E-state index in [-0.39, 0.29) is 17.9 Å². The van der Waals surface area contributed by atoms with Crippen molar-refractivity contribution in [1.82, 2.24) is 20.1 Å². The average molecular weight is 395 g/mol. The molecule has 0 bridgehead atoms. The number of thioether (sulfide) groups is 1. The summed E-state index contributed by atoms with van der Waals surface area (Å²) in [5.74, 6) is 1.46. The van der Waals surface area contributed by atoms with Crippen LogP contribution in [0.2, 0.25) is 0 Å². The van der Waals surface area contributed by atoms with Crippen LogP contribution in [0.5, 0.6) is 0 Å². The van der Waals surface area contributed by atoms with Crippen LogP contribution >= 0.6 is 11.8 Å². The molecule has 3 rings (SSSR count). The maximum absolute atomic E-state index is 12.2. The maximum atomic E-state index is 12.2. The van der Waals surface area contributed by atoms with Crippen molar-refractivity contribution >= 4 is 17.7 Å². The first kappa shape index (κ1) is 20.1. The first-order chi connectivity index (χ1) is 13.5. The number of carbonyl (C=O) groups is 1. The molecule has 1 aromatic heterocycles. The number of aromatic nitrogens is 3. The van der Waals surface area contributed by atoms with Crippen LogP contribution in [0, 0.1) is 12.8 Å². The number of benzene rings is 2. The predicted molar refractivity (Wildman–Crippen MR) is 113 cm³/mol. The van der Waals surface area contributed by atoms with Gasteiger partial charge in [0.15, 0.2) is 11.0 Å². The Morgan fingerprint density at radius 3 is 2.36 bits per heavy atom. The number of nitrogens with zero attached hydrogens (tertiary/aromatic N) is 3. The molecular weight excluding hydrogens is 368 g/mol. The third-order valence-corrected chi connectivity index (χ3v) is 5.43. The topological polar surface area (TPSA) is 59.8 Å². The van der Waals surface area contributed by atoms with Gasteiger partial charge in [0.2, 0.25) is 5.91 Å². The molecule has 6 heteroatoms. The van der Waals surface area contributed by atoms with Crippen molar-refractivity contribution in [1.29, 1.82) is 0 Å². The fourth-order valence-electron chi connectivity index (χ4n) is 2.76. The lowest BCUT2D eigenvalue weighted by molar-refractivity contribution is -0.124. The first-order valence-electron chi connectivity index (χ1n) is 9.45. The minimum atomic E-state index is -0.241. The van der Waals surface area contributed by atoms with E-state index in [0.717, 1.165) is 22.4 Å². The molecule has 0 saturated heterocycles. The zero-order valence-electron chi connectivity index (χ0n) is 16.7. The Bertz CT molecular complexity index is 919. The van der Waals surface area contributed by atoms with E-state index in [0.29, 0.717) is 0 Å². The predicted octanol–water partition coefficient (Wildman–Crippen LogP) is 4.70. The summed E-state index contributed by atoms with van der Waals surface area (Å²) in [6.45, 7) is 7.77. The quantitative estimate of drug-likeness (QED) is 0.590. The number of amides is 1. The molecule has 1 amide bonds. The second kappa shape index (κ2) is 9.06. The van der Waals surface area contributed by atoms with Crippen molar-refractivity contribution in [2.75, 3.05) is 0 Å². The standard InChI is InChI=1S/C22H26N4OS/c1-15(2)21(27)23-17(4)20-24-25-22(28-14-18-8-6-5-7-9-18)26(20)19-12-10-16(3)11-13-19/h5-13,15,17H,14H2,1-4H3,(H,23,27)/t17-/m0/s1. The van der Waals surface area contributed by atoms with Crippen LogP contribution in [-0.2, 0) is 10.5 Å². The van der Waals surface area contributed by atoms with E-state index in [2.05, 4.69) is 58.8 Å². The average Bonchev–Trinajstić information content (AvgIpc) is 3.11. The summed E-state index contributed by atoms with van der Waals surface area (Å²) < 4.78 is 2.04. The fraction of sp³-hybridized carbons (Fsp3) is 0.318. The lowest BCUT2D eigenvalue weighted by atomic mass is 10.2. The van der Waals surface area contributed by atoms with Gasteiger partial charge < -0.3 is 5.32 Å². The summed E-state index contributed by atoms with van der Waals surface area (Å²) in [6, 6.07) is 18.3. The summed E-state index contributed by atoms with van der Waals surface area (Å²) >= 11 is 1.64. The Balaban J connectivity index is 1.92. The van der Waals surface area contributed by atoms with Crippen molar-refractivity contribution in [2.24, 2.45) is 5.92 Å². The minimum Gasteiger partial charge on any atom is -0.346 e. The molecule has 0 saturated carbocycles. The second-order valence-electron chi connectivity index (χ2n) is 7.17. The normalized spacial score (nSPS) is 12.2. The lowest BCUT2D eigenvalue weighted by Gasteiger charge is -2.17. The Hall–Kier alpha value is -2.60. The number of carbonyl (C=O) groups excluding carboxylic acids is 1. The smallest absolute Gasteiger partial charge is 0.223 e. The van der Waals surface area contributed by atoms with Gasteiger partial charge in [-0.3, -0.25) is 9.36 Å². The molecule has 2 aromatic carbocycles. The van der Waals surface area contributed by atoms with Crippen LogP contribution in [0.4, 0.5) is 0 Å². The number of hydrogen-bond donors (Lipinski definition) is 1. The number of hydrogen-bond acceptors (Lipinski definition) is 4. The maximum Gasteiger partial charge on any atom is 0.223 e. The lowest BCUT2D eigenvalue weighted by Crippen LogP contribution is -2.31. The summed E-state index contributed by atoms with van der Waals surface area (Å²) in [6.07, 6.45) is 0. The molecule has 0 spiro atoms. The molecule has 0 unspecified atom stereocenters. The molecule has 0 aliphatic rings. The van der Waals surface area contributed by atoms with Gasteiger partial charge in [-0.1, -0.05) is 73.6 Å². The molecule has 0 fully saturated rings. The molecule has 0 aliphatic carbocycles. The van der Waals surface area contributed by atoms with Gasteiger partial charge in [-0.15, -0.1) is 10.2 Å². The Morgan fingerprint density at radius 1 is 1.04 bits per heavy atom. The van der Waals surface area contributed by atoms with Crippen LogP contribution in [0.3, 0.4) is 0 Å². The van der Waals surface area contributed by atoms with E-state index in [9.17, 15) is 4.79 Å². The zero-order chi connectivity index (χ0) is 20.1. The van der Waals surface area contributed by atoms with Crippen molar-refractivity contribution in [2.45, 2.75) is 44.6 Å². The molecule has 5 nitrogen and oxygen atoms in total. The molecule has 146 valence electrons. The highest BCUT2D eigenvalue weighted by Gasteiger charge is 2.21. The van der Waals surface area contributed by atoms with E-state index in [1.165, 1.54) is 11.1 Å². The summed E-state index contributed by atoms with van der Waals surface area (Å²) in [7, 11) is 0. The van der Waals surface area contributed by atoms with Gasteiger partial charge in [0.25, 0.3) is 0 Å². The Morgan fingerprint density at radius 2 is 1.71 bits per heavy atom. The second-order valence-corrected chi connectivity index (χ2v) is 8.11. The molecule has 1 N–H and O–H groups in total. The minimum absolute atomic E-state index is 0.00412. The monoisotopic (exact) mass is 394 g/mol. The third-order valence-electron chi connectivity index (χ3n) is 4.43. The van der Waals surface area contributed by atoms with Crippen molar-refractivity contribution in [3.63, 3.8) is 0 Å². The molecular formula is C22H26N4OS. The van der Waals surface area contributed by atoms with Gasteiger partial charge in [0.1, 0.15) is 0 Å². The van der Waals surface area contributed by atoms with Crippen LogP contribution in [0.25, 0.3) is 5.69 Å². The highest BCUT2D eigenvalue weighted by atomic mass is 32.2. The van der Waals surface area contributed by atoms with Crippen LogP contribution in [0.1, 0.15) is 43.8 Å². The van der Waals surface area contributed by atoms with Crippen molar-refractivity contribution in [3.05, 3.63) is 71.5 Å². The molecule has 0 radical (unpaired) electrons. The number of aryl methyl sites for hydroxylation is 1. The molecule has 0 aliphatic heterocycles. The van der Waals surface area contributed by atoms with E-state index in [4.69, 9.17) is 0 Å². The Kier molecular flexibility index (Phi) is 6.52. The Labute approximate surface area is 170 Å². The first-order valence-corrected chi connectivity index (χ1v) is 10.4. The fourth-order valence-corrected chi connectivity index (χ4v) is 3.67. The SMILES string of the molecule is Cc1ccc(-n2c(SCc3ccccc3)nnc2[C@H](C)NC(=O)C(C)C)cc1. The molecule has 1 heterocycles. The summed E-state index contributed by atoms with van der Waals surface area (Å²) in [5, 5.41) is 12.7.